The second-order valence-electron chi connectivity index (χ2n) is 5.20. The fraction of sp³-hybridized carbons (Fsp3) is 0.538. The monoisotopic (exact) mass is 313 g/mol. The average Bonchev–Trinajstić information content (AvgIpc) is 2.93. The summed E-state index contributed by atoms with van der Waals surface area (Å²) < 4.78 is 43.4. The topological polar surface area (TPSA) is 67.9 Å². The third kappa shape index (κ3) is 3.02. The van der Waals surface area contributed by atoms with Crippen LogP contribution in [0.4, 0.5) is 19.1 Å². The Bertz CT molecular complexity index is 657. The van der Waals surface area contributed by atoms with Crippen molar-refractivity contribution in [3.05, 3.63) is 29.7 Å². The van der Waals surface area contributed by atoms with Gasteiger partial charge < -0.3 is 9.42 Å². The highest BCUT2D eigenvalue weighted by atomic mass is 19.4. The molecule has 3 rings (SSSR count). The molecule has 0 aliphatic carbocycles. The fourth-order valence-electron chi connectivity index (χ4n) is 2.50. The van der Waals surface area contributed by atoms with Crippen molar-refractivity contribution in [3.8, 4) is 0 Å². The van der Waals surface area contributed by atoms with Crippen LogP contribution in [0.5, 0.6) is 0 Å². The molecule has 1 fully saturated rings. The number of aryl methyl sites for hydroxylation is 1. The Morgan fingerprint density at radius 1 is 1.32 bits per heavy atom. The molecule has 0 unspecified atom stereocenters. The van der Waals surface area contributed by atoms with Gasteiger partial charge in [-0.1, -0.05) is 5.16 Å². The zero-order valence-corrected chi connectivity index (χ0v) is 11.8. The summed E-state index contributed by atoms with van der Waals surface area (Å²) >= 11 is 0. The summed E-state index contributed by atoms with van der Waals surface area (Å²) in [4.78, 5) is 13.5. The van der Waals surface area contributed by atoms with Gasteiger partial charge in [0.25, 0.3) is 0 Å². The van der Waals surface area contributed by atoms with Gasteiger partial charge in [0.15, 0.2) is 5.82 Å². The summed E-state index contributed by atoms with van der Waals surface area (Å²) in [5.41, 5.74) is -0.937. The van der Waals surface area contributed by atoms with Gasteiger partial charge in [0.05, 0.1) is 5.92 Å². The van der Waals surface area contributed by atoms with Gasteiger partial charge in [-0.05, 0) is 25.8 Å². The minimum absolute atomic E-state index is 0.0203. The number of alkyl halides is 3. The van der Waals surface area contributed by atoms with Crippen molar-refractivity contribution in [2.75, 3.05) is 18.0 Å². The molecule has 0 bridgehead atoms. The fourth-order valence-corrected chi connectivity index (χ4v) is 2.50. The Morgan fingerprint density at radius 3 is 2.82 bits per heavy atom. The SMILES string of the molecule is Cc1noc([C@@H]2CCCN(c3nccc(C(F)(F)F)n3)C2)n1. The number of rotatable bonds is 2. The molecule has 0 saturated carbocycles. The number of hydrogen-bond donors (Lipinski definition) is 0. The Kier molecular flexibility index (Phi) is 3.71. The van der Waals surface area contributed by atoms with Gasteiger partial charge in [-0.15, -0.1) is 0 Å². The van der Waals surface area contributed by atoms with Crippen molar-refractivity contribution in [1.29, 1.82) is 0 Å². The maximum Gasteiger partial charge on any atom is 0.433 e. The highest BCUT2D eigenvalue weighted by Gasteiger charge is 2.34. The van der Waals surface area contributed by atoms with E-state index in [-0.39, 0.29) is 11.9 Å². The highest BCUT2D eigenvalue weighted by Crippen LogP contribution is 2.30. The minimum Gasteiger partial charge on any atom is -0.340 e. The van der Waals surface area contributed by atoms with Crippen LogP contribution in [-0.4, -0.2) is 33.2 Å². The van der Waals surface area contributed by atoms with Gasteiger partial charge >= 0.3 is 6.18 Å². The molecule has 2 aromatic heterocycles. The van der Waals surface area contributed by atoms with E-state index in [0.717, 1.165) is 25.1 Å². The lowest BCUT2D eigenvalue weighted by atomic mass is 9.98. The number of aromatic nitrogens is 4. The molecule has 1 atom stereocenters. The molecular weight excluding hydrogens is 299 g/mol. The van der Waals surface area contributed by atoms with Crippen molar-refractivity contribution in [2.24, 2.45) is 0 Å². The summed E-state index contributed by atoms with van der Waals surface area (Å²) in [5, 5.41) is 3.75. The van der Waals surface area contributed by atoms with Crippen molar-refractivity contribution in [1.82, 2.24) is 20.1 Å². The van der Waals surface area contributed by atoms with Gasteiger partial charge in [-0.3, -0.25) is 0 Å². The number of piperidine rings is 1. The van der Waals surface area contributed by atoms with E-state index in [2.05, 4.69) is 20.1 Å². The summed E-state index contributed by atoms with van der Waals surface area (Å²) in [6, 6.07) is 0.867. The van der Waals surface area contributed by atoms with Crippen LogP contribution in [-0.2, 0) is 6.18 Å². The highest BCUT2D eigenvalue weighted by molar-refractivity contribution is 5.32. The van der Waals surface area contributed by atoms with Gasteiger partial charge in [-0.2, -0.15) is 18.2 Å². The third-order valence-corrected chi connectivity index (χ3v) is 3.53. The van der Waals surface area contributed by atoms with Crippen molar-refractivity contribution < 1.29 is 17.7 Å². The van der Waals surface area contributed by atoms with Crippen LogP contribution in [0, 0.1) is 6.92 Å². The first kappa shape index (κ1) is 14.7. The molecule has 0 radical (unpaired) electrons. The summed E-state index contributed by atoms with van der Waals surface area (Å²) in [6.45, 7) is 2.79. The van der Waals surface area contributed by atoms with Crippen molar-refractivity contribution in [2.45, 2.75) is 31.9 Å². The molecule has 0 amide bonds. The lowest BCUT2D eigenvalue weighted by Gasteiger charge is -2.31. The molecule has 9 heteroatoms. The quantitative estimate of drug-likeness (QED) is 0.849. The number of anilines is 1. The first-order valence-corrected chi connectivity index (χ1v) is 6.89. The van der Waals surface area contributed by atoms with E-state index < -0.39 is 11.9 Å². The van der Waals surface area contributed by atoms with Crippen LogP contribution in [0.2, 0.25) is 0 Å². The maximum atomic E-state index is 12.7. The van der Waals surface area contributed by atoms with Gasteiger partial charge in [0.2, 0.25) is 11.8 Å². The minimum atomic E-state index is -4.48. The Balaban J connectivity index is 1.80. The first-order chi connectivity index (χ1) is 10.4. The zero-order chi connectivity index (χ0) is 15.7. The second kappa shape index (κ2) is 5.54. The van der Waals surface area contributed by atoms with Gasteiger partial charge in [0.1, 0.15) is 5.69 Å². The largest absolute Gasteiger partial charge is 0.433 e. The van der Waals surface area contributed by atoms with Crippen molar-refractivity contribution >= 4 is 5.95 Å². The number of halogens is 3. The lowest BCUT2D eigenvalue weighted by molar-refractivity contribution is -0.141. The van der Waals surface area contributed by atoms with Crippen LogP contribution >= 0.6 is 0 Å². The van der Waals surface area contributed by atoms with Crippen LogP contribution in [0.1, 0.15) is 36.2 Å². The summed E-state index contributed by atoms with van der Waals surface area (Å²) in [6.07, 6.45) is -1.70. The van der Waals surface area contributed by atoms with Crippen LogP contribution in [0.25, 0.3) is 0 Å². The molecule has 1 aliphatic heterocycles. The molecule has 118 valence electrons. The lowest BCUT2D eigenvalue weighted by Crippen LogP contribution is -2.36. The molecule has 2 aromatic rings. The summed E-state index contributed by atoms with van der Waals surface area (Å²) in [7, 11) is 0. The standard InChI is InChI=1S/C13H14F3N5O/c1-8-18-11(22-20-8)9-3-2-6-21(7-9)12-17-5-4-10(19-12)13(14,15)16/h4-5,9H,2-3,6-7H2,1H3/t9-/m1/s1. The van der Waals surface area contributed by atoms with E-state index in [4.69, 9.17) is 4.52 Å². The van der Waals surface area contributed by atoms with Gasteiger partial charge in [-0.25, -0.2) is 9.97 Å². The van der Waals surface area contributed by atoms with E-state index in [1.807, 2.05) is 0 Å². The van der Waals surface area contributed by atoms with E-state index >= 15 is 0 Å². The zero-order valence-electron chi connectivity index (χ0n) is 11.8. The predicted molar refractivity (Wildman–Crippen MR) is 70.3 cm³/mol. The molecule has 3 heterocycles. The van der Waals surface area contributed by atoms with Gasteiger partial charge in [0, 0.05) is 19.3 Å². The Hall–Kier alpha value is -2.19. The molecule has 0 N–H and O–H groups in total. The normalized spacial score (nSPS) is 19.5. The van der Waals surface area contributed by atoms with E-state index in [9.17, 15) is 13.2 Å². The average molecular weight is 313 g/mol. The third-order valence-electron chi connectivity index (χ3n) is 3.53. The molecular formula is C13H14F3N5O. The first-order valence-electron chi connectivity index (χ1n) is 6.89. The second-order valence-corrected chi connectivity index (χ2v) is 5.20. The molecule has 0 aromatic carbocycles. The Labute approximate surface area is 124 Å². The molecule has 6 nitrogen and oxygen atoms in total. The predicted octanol–water partition coefficient (Wildman–Crippen LogP) is 2.57. The molecule has 0 spiro atoms. The molecule has 1 aliphatic rings. The van der Waals surface area contributed by atoms with E-state index in [1.54, 1.807) is 11.8 Å². The van der Waals surface area contributed by atoms with E-state index in [1.165, 1.54) is 0 Å². The molecule has 1 saturated heterocycles. The van der Waals surface area contributed by atoms with Crippen LogP contribution < -0.4 is 4.90 Å². The molecule has 22 heavy (non-hydrogen) atoms. The maximum absolute atomic E-state index is 12.7. The number of nitrogens with zero attached hydrogens (tertiary/aromatic N) is 5. The smallest absolute Gasteiger partial charge is 0.340 e. The van der Waals surface area contributed by atoms with Crippen LogP contribution in [0.3, 0.4) is 0 Å². The van der Waals surface area contributed by atoms with E-state index in [0.29, 0.717) is 24.8 Å². The van der Waals surface area contributed by atoms with Crippen LogP contribution in [0.15, 0.2) is 16.8 Å². The summed E-state index contributed by atoms with van der Waals surface area (Å²) in [5.74, 6) is 1.11. The Morgan fingerprint density at radius 2 is 2.14 bits per heavy atom. The number of hydrogen-bond acceptors (Lipinski definition) is 6. The van der Waals surface area contributed by atoms with Crippen molar-refractivity contribution in [3.63, 3.8) is 0 Å².